The van der Waals surface area contributed by atoms with Crippen LogP contribution in [0.4, 0.5) is 0 Å². The Bertz CT molecular complexity index is 1310. The monoisotopic (exact) mass is 977 g/mol. The maximum Gasteiger partial charge on any atom is 0.306 e. The van der Waals surface area contributed by atoms with Gasteiger partial charge in [-0.3, -0.25) is 14.4 Å². The van der Waals surface area contributed by atoms with Gasteiger partial charge in [0.05, 0.1) is 0 Å². The quantitative estimate of drug-likeness (QED) is 0.0261. The smallest absolute Gasteiger partial charge is 0.306 e. The van der Waals surface area contributed by atoms with Gasteiger partial charge in [0.25, 0.3) is 0 Å². The molecule has 0 aromatic rings. The zero-order valence-corrected chi connectivity index (χ0v) is 46.3. The summed E-state index contributed by atoms with van der Waals surface area (Å²) in [6.45, 7) is 6.60. The molecule has 0 spiro atoms. The van der Waals surface area contributed by atoms with Crippen LogP contribution >= 0.6 is 0 Å². The number of hydrogen-bond donors (Lipinski definition) is 0. The molecule has 0 rings (SSSR count). The van der Waals surface area contributed by atoms with Crippen LogP contribution in [0, 0.1) is 0 Å². The third kappa shape index (κ3) is 55.8. The molecule has 404 valence electrons. The van der Waals surface area contributed by atoms with Crippen molar-refractivity contribution >= 4 is 17.9 Å². The molecule has 70 heavy (non-hydrogen) atoms. The van der Waals surface area contributed by atoms with Gasteiger partial charge in [0.2, 0.25) is 0 Å². The standard InChI is InChI=1S/C64H112O6/c1-4-7-10-13-16-19-22-25-28-30-31-32-33-34-37-39-42-45-48-51-54-57-63(66)69-60-61(59-68-62(65)56-53-50-47-44-41-38-35-27-24-21-18-15-12-9-6-3)70-64(67)58-55-52-49-46-43-40-36-29-26-23-20-17-14-11-8-5-2/h20,22-23,25,27,29-31,33-36,61H,4-19,21,24,26,28,32,37-60H2,1-3H3/b23-20-,25-22-,31-30-,34-33-,35-27-,36-29-. The Morgan fingerprint density at radius 1 is 0.286 bits per heavy atom. The normalized spacial score (nSPS) is 12.6. The number of rotatable bonds is 54. The zero-order valence-electron chi connectivity index (χ0n) is 46.3. The largest absolute Gasteiger partial charge is 0.462 e. The summed E-state index contributed by atoms with van der Waals surface area (Å²) in [5, 5.41) is 0. The number of esters is 3. The molecular weight excluding hydrogens is 865 g/mol. The predicted octanol–water partition coefficient (Wildman–Crippen LogP) is 20.2. The van der Waals surface area contributed by atoms with Crippen molar-refractivity contribution in [3.8, 4) is 0 Å². The molecule has 0 saturated heterocycles. The highest BCUT2D eigenvalue weighted by molar-refractivity contribution is 5.71. The Balaban J connectivity index is 4.42. The van der Waals surface area contributed by atoms with E-state index in [-0.39, 0.29) is 31.1 Å². The molecule has 1 atom stereocenters. The number of carbonyl (C=O) groups excluding carboxylic acids is 3. The SMILES string of the molecule is CCCCCC/C=C\C/C=C\CCCCCCCC(=O)OC(COC(=O)CCCCCCC/C=C\CCCCCCCC)COC(=O)CCCCCCCC/C=C\C/C=C\C/C=C\CCCCCCC. The molecule has 0 N–H and O–H groups in total. The average Bonchev–Trinajstić information content (AvgIpc) is 3.36. The molecule has 1 unspecified atom stereocenters. The minimum absolute atomic E-state index is 0.0892. The van der Waals surface area contributed by atoms with E-state index in [4.69, 9.17) is 14.2 Å². The number of carbonyl (C=O) groups is 3. The van der Waals surface area contributed by atoms with Crippen molar-refractivity contribution in [2.24, 2.45) is 0 Å². The van der Waals surface area contributed by atoms with Crippen LogP contribution in [0.15, 0.2) is 72.9 Å². The first-order valence-corrected chi connectivity index (χ1v) is 29.9. The van der Waals surface area contributed by atoms with Crippen molar-refractivity contribution in [1.82, 2.24) is 0 Å². The molecule has 0 fully saturated rings. The summed E-state index contributed by atoms with van der Waals surface area (Å²) in [6, 6.07) is 0. The van der Waals surface area contributed by atoms with Crippen LogP contribution in [0.3, 0.4) is 0 Å². The molecule has 6 nitrogen and oxygen atoms in total. The Hall–Kier alpha value is -3.15. The lowest BCUT2D eigenvalue weighted by atomic mass is 10.1. The van der Waals surface area contributed by atoms with Gasteiger partial charge < -0.3 is 14.2 Å². The Morgan fingerprint density at radius 3 is 0.829 bits per heavy atom. The fourth-order valence-electron chi connectivity index (χ4n) is 8.36. The second-order valence-electron chi connectivity index (χ2n) is 19.9. The molecule has 0 aliphatic heterocycles. The van der Waals surface area contributed by atoms with E-state index in [0.29, 0.717) is 19.3 Å². The van der Waals surface area contributed by atoms with E-state index in [1.165, 1.54) is 148 Å². The Labute approximate surface area is 433 Å². The van der Waals surface area contributed by atoms with Gasteiger partial charge in [-0.1, -0.05) is 235 Å². The van der Waals surface area contributed by atoms with Crippen LogP contribution in [0.25, 0.3) is 0 Å². The van der Waals surface area contributed by atoms with E-state index in [0.717, 1.165) is 109 Å². The molecule has 0 radical (unpaired) electrons. The Morgan fingerprint density at radius 2 is 0.514 bits per heavy atom. The molecule has 0 heterocycles. The van der Waals surface area contributed by atoms with E-state index in [9.17, 15) is 14.4 Å². The van der Waals surface area contributed by atoms with Gasteiger partial charge in [-0.2, -0.15) is 0 Å². The van der Waals surface area contributed by atoms with Crippen LogP contribution < -0.4 is 0 Å². The van der Waals surface area contributed by atoms with Crippen LogP contribution in [0.1, 0.15) is 297 Å². The summed E-state index contributed by atoms with van der Waals surface area (Å²) in [5.41, 5.74) is 0. The van der Waals surface area contributed by atoms with Crippen molar-refractivity contribution in [1.29, 1.82) is 0 Å². The lowest BCUT2D eigenvalue weighted by molar-refractivity contribution is -0.167. The summed E-state index contributed by atoms with van der Waals surface area (Å²) < 4.78 is 16.9. The van der Waals surface area contributed by atoms with Gasteiger partial charge in [-0.25, -0.2) is 0 Å². The molecular formula is C64H112O6. The first kappa shape index (κ1) is 66.9. The Kier molecular flexibility index (Phi) is 55.8. The van der Waals surface area contributed by atoms with E-state index in [2.05, 4.69) is 93.7 Å². The highest BCUT2D eigenvalue weighted by Crippen LogP contribution is 2.15. The molecule has 6 heteroatoms. The van der Waals surface area contributed by atoms with Gasteiger partial charge in [-0.05, 0) is 116 Å². The summed E-state index contributed by atoms with van der Waals surface area (Å²) >= 11 is 0. The minimum Gasteiger partial charge on any atom is -0.462 e. The van der Waals surface area contributed by atoms with Crippen LogP contribution in [-0.2, 0) is 28.6 Å². The average molecular weight is 978 g/mol. The van der Waals surface area contributed by atoms with Crippen molar-refractivity contribution < 1.29 is 28.6 Å². The zero-order chi connectivity index (χ0) is 50.7. The number of unbranched alkanes of at least 4 members (excludes halogenated alkanes) is 31. The molecule has 0 aliphatic rings. The lowest BCUT2D eigenvalue weighted by Gasteiger charge is -2.18. The van der Waals surface area contributed by atoms with Crippen LogP contribution in [0.2, 0.25) is 0 Å². The van der Waals surface area contributed by atoms with Crippen molar-refractivity contribution in [2.75, 3.05) is 13.2 Å². The second kappa shape index (κ2) is 58.4. The van der Waals surface area contributed by atoms with Gasteiger partial charge in [0, 0.05) is 19.3 Å². The van der Waals surface area contributed by atoms with E-state index >= 15 is 0 Å². The first-order valence-electron chi connectivity index (χ1n) is 29.9. The molecule has 0 aromatic carbocycles. The van der Waals surface area contributed by atoms with Gasteiger partial charge in [-0.15, -0.1) is 0 Å². The fraction of sp³-hybridized carbons (Fsp3) is 0.766. The maximum absolute atomic E-state index is 12.9. The van der Waals surface area contributed by atoms with Crippen LogP contribution in [-0.4, -0.2) is 37.2 Å². The van der Waals surface area contributed by atoms with Gasteiger partial charge >= 0.3 is 17.9 Å². The van der Waals surface area contributed by atoms with E-state index in [1.54, 1.807) is 0 Å². The summed E-state index contributed by atoms with van der Waals surface area (Å²) in [6.07, 6.45) is 74.6. The first-order chi connectivity index (χ1) is 34.5. The molecule has 0 amide bonds. The number of hydrogen-bond acceptors (Lipinski definition) is 6. The summed E-state index contributed by atoms with van der Waals surface area (Å²) in [7, 11) is 0. The van der Waals surface area contributed by atoms with Crippen molar-refractivity contribution in [3.05, 3.63) is 72.9 Å². The van der Waals surface area contributed by atoms with Crippen molar-refractivity contribution in [3.63, 3.8) is 0 Å². The van der Waals surface area contributed by atoms with Gasteiger partial charge in [0.15, 0.2) is 6.10 Å². The van der Waals surface area contributed by atoms with Gasteiger partial charge in [0.1, 0.15) is 13.2 Å². The highest BCUT2D eigenvalue weighted by atomic mass is 16.6. The third-order valence-corrected chi connectivity index (χ3v) is 12.9. The second-order valence-corrected chi connectivity index (χ2v) is 19.9. The minimum atomic E-state index is -0.792. The highest BCUT2D eigenvalue weighted by Gasteiger charge is 2.19. The van der Waals surface area contributed by atoms with E-state index in [1.807, 2.05) is 0 Å². The summed E-state index contributed by atoms with van der Waals surface area (Å²) in [4.78, 5) is 38.2. The fourth-order valence-corrected chi connectivity index (χ4v) is 8.36. The van der Waals surface area contributed by atoms with Crippen LogP contribution in [0.5, 0.6) is 0 Å². The predicted molar refractivity (Wildman–Crippen MR) is 302 cm³/mol. The van der Waals surface area contributed by atoms with Crippen molar-refractivity contribution in [2.45, 2.75) is 303 Å². The molecule has 0 aromatic heterocycles. The van der Waals surface area contributed by atoms with E-state index < -0.39 is 6.10 Å². The number of ether oxygens (including phenoxy) is 3. The molecule has 0 saturated carbocycles. The maximum atomic E-state index is 12.9. The molecule has 0 aliphatic carbocycles. The third-order valence-electron chi connectivity index (χ3n) is 12.9. The lowest BCUT2D eigenvalue weighted by Crippen LogP contribution is -2.30. The number of allylic oxidation sites excluding steroid dienone is 12. The molecule has 0 bridgehead atoms. The topological polar surface area (TPSA) is 78.9 Å². The summed E-state index contributed by atoms with van der Waals surface area (Å²) in [5.74, 6) is -0.914.